The molecule has 55 heavy (non-hydrogen) atoms. The predicted octanol–water partition coefficient (Wildman–Crippen LogP) is 14.2. The van der Waals surface area contributed by atoms with Crippen LogP contribution in [0.1, 0.15) is 22.3 Å². The fourth-order valence-corrected chi connectivity index (χ4v) is 9.90. The molecule has 0 bridgehead atoms. The van der Waals surface area contributed by atoms with Crippen LogP contribution in [0.4, 0.5) is 17.1 Å². The van der Waals surface area contributed by atoms with Crippen LogP contribution in [0.3, 0.4) is 0 Å². The summed E-state index contributed by atoms with van der Waals surface area (Å²) in [6.07, 6.45) is 0. The Bertz CT molecular complexity index is 3120. The number of para-hydroxylation sites is 1. The van der Waals surface area contributed by atoms with Crippen LogP contribution >= 0.6 is 0 Å². The summed E-state index contributed by atoms with van der Waals surface area (Å²) in [6, 6.07) is 73.1. The van der Waals surface area contributed by atoms with Crippen molar-refractivity contribution in [3.63, 3.8) is 0 Å². The SMILES string of the molecule is c1ccc(-c2cccc(N(c3cccc4c3-c3ccccc3C43c4ccccc4-c4ccccc43)c3cc4ccccc4c4c3oc3ccccc34)c2)cc1. The van der Waals surface area contributed by atoms with E-state index in [9.17, 15) is 0 Å². The molecule has 2 heteroatoms. The molecule has 0 fully saturated rings. The van der Waals surface area contributed by atoms with Gasteiger partial charge in [0.2, 0.25) is 0 Å². The molecular formula is C53H33NO. The van der Waals surface area contributed by atoms with Crippen molar-refractivity contribution < 1.29 is 4.42 Å². The lowest BCUT2D eigenvalue weighted by molar-refractivity contribution is 0.669. The van der Waals surface area contributed by atoms with Gasteiger partial charge in [0.25, 0.3) is 0 Å². The lowest BCUT2D eigenvalue weighted by atomic mass is 9.70. The van der Waals surface area contributed by atoms with Crippen LogP contribution in [0.15, 0.2) is 205 Å². The first-order chi connectivity index (χ1) is 27.3. The molecule has 10 aromatic rings. The molecule has 0 atom stereocenters. The summed E-state index contributed by atoms with van der Waals surface area (Å²) in [5.74, 6) is 0. The first kappa shape index (κ1) is 30.3. The predicted molar refractivity (Wildman–Crippen MR) is 228 cm³/mol. The average molecular weight is 700 g/mol. The summed E-state index contributed by atoms with van der Waals surface area (Å²) in [4.78, 5) is 2.46. The smallest absolute Gasteiger partial charge is 0.160 e. The van der Waals surface area contributed by atoms with E-state index in [0.717, 1.165) is 44.6 Å². The van der Waals surface area contributed by atoms with Crippen molar-refractivity contribution in [3.8, 4) is 33.4 Å². The summed E-state index contributed by atoms with van der Waals surface area (Å²) in [5.41, 5.74) is 17.2. The van der Waals surface area contributed by atoms with Crippen LogP contribution < -0.4 is 4.90 Å². The second-order valence-electron chi connectivity index (χ2n) is 14.8. The molecule has 0 aliphatic heterocycles. The van der Waals surface area contributed by atoms with Crippen LogP contribution in [-0.2, 0) is 5.41 Å². The number of anilines is 3. The normalized spacial score (nSPS) is 13.2. The van der Waals surface area contributed by atoms with Gasteiger partial charge in [-0.1, -0.05) is 170 Å². The Kier molecular flexibility index (Phi) is 6.29. The van der Waals surface area contributed by atoms with Crippen molar-refractivity contribution in [2.75, 3.05) is 4.90 Å². The van der Waals surface area contributed by atoms with Gasteiger partial charge in [-0.3, -0.25) is 0 Å². The monoisotopic (exact) mass is 699 g/mol. The van der Waals surface area contributed by atoms with Gasteiger partial charge in [-0.2, -0.15) is 0 Å². The van der Waals surface area contributed by atoms with E-state index in [2.05, 4.69) is 205 Å². The quantitative estimate of drug-likeness (QED) is 0.182. The van der Waals surface area contributed by atoms with Gasteiger partial charge >= 0.3 is 0 Å². The first-order valence-electron chi connectivity index (χ1n) is 19.0. The molecule has 1 aromatic heterocycles. The third kappa shape index (κ3) is 4.08. The van der Waals surface area contributed by atoms with Crippen molar-refractivity contribution in [2.45, 2.75) is 5.41 Å². The van der Waals surface area contributed by atoms with E-state index in [1.54, 1.807) is 0 Å². The van der Waals surface area contributed by atoms with E-state index in [1.807, 2.05) is 0 Å². The fourth-order valence-electron chi connectivity index (χ4n) is 9.90. The van der Waals surface area contributed by atoms with Crippen molar-refractivity contribution in [1.29, 1.82) is 0 Å². The molecular weight excluding hydrogens is 667 g/mol. The van der Waals surface area contributed by atoms with Gasteiger partial charge in [-0.25, -0.2) is 0 Å². The van der Waals surface area contributed by atoms with Crippen LogP contribution in [0.25, 0.3) is 66.1 Å². The number of fused-ring (bicyclic) bond motifs is 15. The van der Waals surface area contributed by atoms with Crippen molar-refractivity contribution >= 4 is 49.8 Å². The van der Waals surface area contributed by atoms with Gasteiger partial charge in [0, 0.05) is 22.0 Å². The Hall–Kier alpha value is -7.16. The van der Waals surface area contributed by atoms with Crippen LogP contribution in [0.5, 0.6) is 0 Å². The molecule has 2 aliphatic rings. The topological polar surface area (TPSA) is 16.4 Å². The minimum atomic E-state index is -0.454. The maximum absolute atomic E-state index is 6.96. The lowest BCUT2D eigenvalue weighted by Crippen LogP contribution is -2.26. The molecule has 12 rings (SSSR count). The number of hydrogen-bond acceptors (Lipinski definition) is 2. The van der Waals surface area contributed by atoms with Gasteiger partial charge in [-0.15, -0.1) is 0 Å². The van der Waals surface area contributed by atoms with Gasteiger partial charge in [-0.05, 0) is 91.2 Å². The number of furan rings is 1. The Balaban J connectivity index is 1.22. The van der Waals surface area contributed by atoms with E-state index in [-0.39, 0.29) is 0 Å². The molecule has 0 saturated heterocycles. The van der Waals surface area contributed by atoms with E-state index >= 15 is 0 Å². The number of nitrogens with zero attached hydrogens (tertiary/aromatic N) is 1. The molecule has 0 radical (unpaired) electrons. The third-order valence-electron chi connectivity index (χ3n) is 12.0. The zero-order valence-corrected chi connectivity index (χ0v) is 29.9. The summed E-state index contributed by atoms with van der Waals surface area (Å²) >= 11 is 0. The molecule has 9 aromatic carbocycles. The van der Waals surface area contributed by atoms with Crippen molar-refractivity contribution in [1.82, 2.24) is 0 Å². The second kappa shape index (κ2) is 11.4. The highest BCUT2D eigenvalue weighted by Gasteiger charge is 2.52. The highest BCUT2D eigenvalue weighted by Crippen LogP contribution is 2.65. The second-order valence-corrected chi connectivity index (χ2v) is 14.8. The zero-order chi connectivity index (χ0) is 36.1. The molecule has 256 valence electrons. The average Bonchev–Trinajstić information content (AvgIpc) is 3.90. The maximum atomic E-state index is 6.96. The first-order valence-corrected chi connectivity index (χ1v) is 19.0. The standard InChI is InChI=1S/C53H33NO/c1-2-16-34(17-3-1)35-19-14-20-37(32-35)54(48-33-36-18-4-5-21-38(36)50-42-25-9-13-31-49(42)55-52(48)50)47-30-15-29-46-51(47)41-24-8-12-28-45(41)53(46)43-26-10-6-22-39(43)40-23-7-11-27-44(40)53/h1-33H. The Morgan fingerprint density at radius 3 is 1.76 bits per heavy atom. The maximum Gasteiger partial charge on any atom is 0.160 e. The molecule has 0 N–H and O–H groups in total. The highest BCUT2D eigenvalue weighted by atomic mass is 16.3. The largest absolute Gasteiger partial charge is 0.454 e. The van der Waals surface area contributed by atoms with Crippen molar-refractivity contribution in [3.05, 3.63) is 222 Å². The molecule has 0 saturated carbocycles. The minimum absolute atomic E-state index is 0.454. The molecule has 2 aliphatic carbocycles. The lowest BCUT2D eigenvalue weighted by Gasteiger charge is -2.32. The Morgan fingerprint density at radius 1 is 0.400 bits per heavy atom. The summed E-state index contributed by atoms with van der Waals surface area (Å²) < 4.78 is 6.96. The van der Waals surface area contributed by atoms with E-state index in [0.29, 0.717) is 0 Å². The Morgan fingerprint density at radius 2 is 0.982 bits per heavy atom. The minimum Gasteiger partial charge on any atom is -0.454 e. The van der Waals surface area contributed by atoms with Gasteiger partial charge in [0.15, 0.2) is 5.58 Å². The highest BCUT2D eigenvalue weighted by molar-refractivity contribution is 6.23. The van der Waals surface area contributed by atoms with E-state index < -0.39 is 5.41 Å². The molecule has 2 nitrogen and oxygen atoms in total. The Labute approximate surface area is 319 Å². The van der Waals surface area contributed by atoms with Crippen LogP contribution in [0.2, 0.25) is 0 Å². The fraction of sp³-hybridized carbons (Fsp3) is 0.0189. The number of hydrogen-bond donors (Lipinski definition) is 0. The van der Waals surface area contributed by atoms with Gasteiger partial charge in [0.1, 0.15) is 5.58 Å². The summed E-state index contributed by atoms with van der Waals surface area (Å²) in [6.45, 7) is 0. The van der Waals surface area contributed by atoms with Gasteiger partial charge in [0.05, 0.1) is 16.8 Å². The van der Waals surface area contributed by atoms with Crippen molar-refractivity contribution in [2.24, 2.45) is 0 Å². The van der Waals surface area contributed by atoms with E-state index in [1.165, 1.54) is 60.8 Å². The number of rotatable bonds is 4. The van der Waals surface area contributed by atoms with Crippen LogP contribution in [-0.4, -0.2) is 0 Å². The van der Waals surface area contributed by atoms with Gasteiger partial charge < -0.3 is 9.32 Å². The molecule has 1 spiro atoms. The third-order valence-corrected chi connectivity index (χ3v) is 12.0. The molecule has 0 unspecified atom stereocenters. The summed E-state index contributed by atoms with van der Waals surface area (Å²) in [5, 5.41) is 4.61. The number of benzene rings is 9. The molecule has 1 heterocycles. The van der Waals surface area contributed by atoms with E-state index in [4.69, 9.17) is 4.42 Å². The summed E-state index contributed by atoms with van der Waals surface area (Å²) in [7, 11) is 0. The zero-order valence-electron chi connectivity index (χ0n) is 29.9. The van der Waals surface area contributed by atoms with Crippen LogP contribution in [0, 0.1) is 0 Å². The molecule has 0 amide bonds.